The predicted octanol–water partition coefficient (Wildman–Crippen LogP) is 5.04. The number of nitrogens with zero attached hydrogens (tertiary/aromatic N) is 1. The molecule has 0 unspecified atom stereocenters. The van der Waals surface area contributed by atoms with Gasteiger partial charge in [-0.15, -0.1) is 0 Å². The number of unbranched alkanes of at least 4 members (excludes halogenated alkanes) is 3. The lowest BCUT2D eigenvalue weighted by Crippen LogP contribution is -2.22. The molecule has 0 aromatic heterocycles. The van der Waals surface area contributed by atoms with E-state index in [4.69, 9.17) is 5.11 Å². The van der Waals surface area contributed by atoms with Gasteiger partial charge < -0.3 is 10.0 Å². The molecule has 1 aliphatic heterocycles. The summed E-state index contributed by atoms with van der Waals surface area (Å²) in [5.74, 6) is 0.101. The van der Waals surface area contributed by atoms with Crippen molar-refractivity contribution in [3.05, 3.63) is 48.0 Å². The highest BCUT2D eigenvalue weighted by atomic mass is 32.2. The fourth-order valence-electron chi connectivity index (χ4n) is 3.02. The van der Waals surface area contributed by atoms with Gasteiger partial charge in [0.25, 0.3) is 0 Å². The molecule has 4 heteroatoms. The molecule has 1 heterocycles. The molecule has 126 valence electrons. The first-order valence-electron chi connectivity index (χ1n) is 8.51. The number of hydrogen-bond donors (Lipinski definition) is 1. The standard InChI is InChI=1S/C20H23NO2S/c1-15(23)16-10-11-20-18(14-16)21(12-6-2-3-7-13-22)17-8-4-5-9-19(17)24-20/h4-5,8-11,14,22H,2-3,6-7,12-13H2,1H3. The van der Waals surface area contributed by atoms with E-state index in [1.165, 1.54) is 15.5 Å². The van der Waals surface area contributed by atoms with E-state index in [1.807, 2.05) is 12.1 Å². The SMILES string of the molecule is CC(=O)c1ccc2c(c1)N(CCCCCCO)c1ccccc1S2. The summed E-state index contributed by atoms with van der Waals surface area (Å²) in [6, 6.07) is 14.4. The second-order valence-corrected chi connectivity index (χ2v) is 7.18. The third kappa shape index (κ3) is 3.65. The Kier molecular flexibility index (Phi) is 5.59. The number of aliphatic hydroxyl groups is 1. The van der Waals surface area contributed by atoms with Crippen molar-refractivity contribution in [2.75, 3.05) is 18.1 Å². The quantitative estimate of drug-likeness (QED) is 0.565. The summed E-state index contributed by atoms with van der Waals surface area (Å²) >= 11 is 1.77. The van der Waals surface area contributed by atoms with Crippen molar-refractivity contribution in [3.8, 4) is 0 Å². The van der Waals surface area contributed by atoms with Crippen molar-refractivity contribution in [2.24, 2.45) is 0 Å². The van der Waals surface area contributed by atoms with Gasteiger partial charge in [-0.1, -0.05) is 42.8 Å². The van der Waals surface area contributed by atoms with Gasteiger partial charge in [0, 0.05) is 28.5 Å². The number of carbonyl (C=O) groups is 1. The van der Waals surface area contributed by atoms with Crippen molar-refractivity contribution >= 4 is 28.9 Å². The van der Waals surface area contributed by atoms with Crippen LogP contribution in [-0.2, 0) is 0 Å². The molecule has 0 spiro atoms. The van der Waals surface area contributed by atoms with E-state index in [2.05, 4.69) is 35.2 Å². The minimum absolute atomic E-state index is 0.101. The largest absolute Gasteiger partial charge is 0.396 e. The molecule has 2 aromatic rings. The summed E-state index contributed by atoms with van der Waals surface area (Å²) in [6.45, 7) is 2.82. The molecular weight excluding hydrogens is 318 g/mol. The van der Waals surface area contributed by atoms with Gasteiger partial charge in [0.2, 0.25) is 0 Å². The zero-order valence-electron chi connectivity index (χ0n) is 14.0. The number of Topliss-reactive ketones (excluding diaryl/α,β-unsaturated/α-hetero) is 1. The van der Waals surface area contributed by atoms with E-state index in [0.29, 0.717) is 0 Å². The molecular formula is C20H23NO2S. The van der Waals surface area contributed by atoms with Crippen LogP contribution in [0.3, 0.4) is 0 Å². The smallest absolute Gasteiger partial charge is 0.159 e. The molecule has 0 aliphatic carbocycles. The highest BCUT2D eigenvalue weighted by Crippen LogP contribution is 2.48. The maximum absolute atomic E-state index is 11.8. The van der Waals surface area contributed by atoms with Crippen LogP contribution in [0.4, 0.5) is 11.4 Å². The second kappa shape index (κ2) is 7.86. The number of benzene rings is 2. The van der Waals surface area contributed by atoms with Gasteiger partial charge in [-0.25, -0.2) is 0 Å². The molecule has 0 saturated heterocycles. The molecule has 0 fully saturated rings. The third-order valence-corrected chi connectivity index (χ3v) is 5.45. The Morgan fingerprint density at radius 2 is 1.75 bits per heavy atom. The Bertz CT molecular complexity index is 729. The van der Waals surface area contributed by atoms with Crippen LogP contribution in [-0.4, -0.2) is 24.0 Å². The number of para-hydroxylation sites is 1. The first-order chi connectivity index (χ1) is 11.7. The maximum atomic E-state index is 11.8. The van der Waals surface area contributed by atoms with E-state index >= 15 is 0 Å². The summed E-state index contributed by atoms with van der Waals surface area (Å²) in [5.41, 5.74) is 3.12. The van der Waals surface area contributed by atoms with Crippen LogP contribution in [0.15, 0.2) is 52.3 Å². The van der Waals surface area contributed by atoms with Gasteiger partial charge in [-0.05, 0) is 44.0 Å². The van der Waals surface area contributed by atoms with Crippen LogP contribution in [0.5, 0.6) is 0 Å². The minimum Gasteiger partial charge on any atom is -0.396 e. The number of rotatable bonds is 7. The summed E-state index contributed by atoms with van der Waals surface area (Å²) in [5, 5.41) is 8.91. The number of carbonyl (C=O) groups excluding carboxylic acids is 1. The van der Waals surface area contributed by atoms with E-state index in [1.54, 1.807) is 18.7 Å². The van der Waals surface area contributed by atoms with Crippen molar-refractivity contribution in [3.63, 3.8) is 0 Å². The van der Waals surface area contributed by atoms with Gasteiger partial charge in [0.15, 0.2) is 5.78 Å². The van der Waals surface area contributed by atoms with Crippen LogP contribution in [0.2, 0.25) is 0 Å². The molecule has 1 aliphatic rings. The lowest BCUT2D eigenvalue weighted by molar-refractivity contribution is 0.101. The van der Waals surface area contributed by atoms with Crippen LogP contribution in [0, 0.1) is 0 Å². The topological polar surface area (TPSA) is 40.5 Å². The van der Waals surface area contributed by atoms with Gasteiger partial charge in [0.05, 0.1) is 11.4 Å². The first kappa shape index (κ1) is 17.1. The molecule has 3 rings (SSSR count). The van der Waals surface area contributed by atoms with Gasteiger partial charge in [-0.3, -0.25) is 4.79 Å². The number of anilines is 2. The van der Waals surface area contributed by atoms with Crippen molar-refractivity contribution in [1.29, 1.82) is 0 Å². The average Bonchev–Trinajstić information content (AvgIpc) is 2.60. The van der Waals surface area contributed by atoms with Gasteiger partial charge in [0.1, 0.15) is 0 Å². The molecule has 3 nitrogen and oxygen atoms in total. The zero-order chi connectivity index (χ0) is 16.9. The van der Waals surface area contributed by atoms with Crippen LogP contribution < -0.4 is 4.90 Å². The van der Waals surface area contributed by atoms with E-state index in [9.17, 15) is 4.79 Å². The molecule has 0 bridgehead atoms. The molecule has 1 N–H and O–H groups in total. The normalized spacial score (nSPS) is 12.7. The number of aliphatic hydroxyl groups excluding tert-OH is 1. The van der Waals surface area contributed by atoms with Crippen molar-refractivity contribution in [2.45, 2.75) is 42.4 Å². The van der Waals surface area contributed by atoms with Gasteiger partial charge in [-0.2, -0.15) is 0 Å². The molecule has 24 heavy (non-hydrogen) atoms. The van der Waals surface area contributed by atoms with Crippen molar-refractivity contribution in [1.82, 2.24) is 0 Å². The van der Waals surface area contributed by atoms with Crippen LogP contribution in [0.25, 0.3) is 0 Å². The Hall–Kier alpha value is -1.78. The van der Waals surface area contributed by atoms with Crippen LogP contribution in [0.1, 0.15) is 43.0 Å². The monoisotopic (exact) mass is 341 g/mol. The Morgan fingerprint density at radius 3 is 2.54 bits per heavy atom. The van der Waals surface area contributed by atoms with E-state index in [-0.39, 0.29) is 12.4 Å². The average molecular weight is 341 g/mol. The van der Waals surface area contributed by atoms with Crippen LogP contribution >= 0.6 is 11.8 Å². The van der Waals surface area contributed by atoms with E-state index < -0.39 is 0 Å². The van der Waals surface area contributed by atoms with Crippen molar-refractivity contribution < 1.29 is 9.90 Å². The Labute approximate surface area is 147 Å². The Balaban J connectivity index is 1.87. The van der Waals surface area contributed by atoms with E-state index in [0.717, 1.165) is 43.5 Å². The lowest BCUT2D eigenvalue weighted by Gasteiger charge is -2.33. The summed E-state index contributed by atoms with van der Waals surface area (Å²) < 4.78 is 0. The minimum atomic E-state index is 0.101. The highest BCUT2D eigenvalue weighted by Gasteiger charge is 2.23. The summed E-state index contributed by atoms with van der Waals surface area (Å²) in [4.78, 5) is 16.6. The molecule has 0 atom stereocenters. The molecule has 0 amide bonds. The fourth-order valence-corrected chi connectivity index (χ4v) is 4.10. The first-order valence-corrected chi connectivity index (χ1v) is 9.32. The third-order valence-electron chi connectivity index (χ3n) is 4.32. The number of hydrogen-bond acceptors (Lipinski definition) is 4. The van der Waals surface area contributed by atoms with Gasteiger partial charge >= 0.3 is 0 Å². The zero-order valence-corrected chi connectivity index (χ0v) is 14.8. The summed E-state index contributed by atoms with van der Waals surface area (Å²) in [6.07, 6.45) is 4.11. The Morgan fingerprint density at radius 1 is 1.00 bits per heavy atom. The maximum Gasteiger partial charge on any atom is 0.159 e. The fraction of sp³-hybridized carbons (Fsp3) is 0.350. The lowest BCUT2D eigenvalue weighted by atomic mass is 10.1. The molecule has 0 saturated carbocycles. The number of fused-ring (bicyclic) bond motifs is 2. The predicted molar refractivity (Wildman–Crippen MR) is 99.6 cm³/mol. The second-order valence-electron chi connectivity index (χ2n) is 6.10. The highest BCUT2D eigenvalue weighted by molar-refractivity contribution is 7.99. The molecule has 2 aromatic carbocycles. The molecule has 0 radical (unpaired) electrons. The number of ketones is 1. The summed E-state index contributed by atoms with van der Waals surface area (Å²) in [7, 11) is 0.